The summed E-state index contributed by atoms with van der Waals surface area (Å²) in [5.41, 5.74) is 5.29. The molecule has 32 heavy (non-hydrogen) atoms. The maximum absolute atomic E-state index is 10.6. The molecule has 2 heterocycles. The fourth-order valence-electron chi connectivity index (χ4n) is 4.14. The minimum atomic E-state index is -0.504. The van der Waals surface area contributed by atoms with Gasteiger partial charge in [-0.05, 0) is 30.3 Å². The summed E-state index contributed by atoms with van der Waals surface area (Å²) < 4.78 is 1.79. The maximum atomic E-state index is 10.6. The molecule has 7 nitrogen and oxygen atoms in total. The van der Waals surface area contributed by atoms with Gasteiger partial charge in [0.25, 0.3) is 0 Å². The van der Waals surface area contributed by atoms with Crippen molar-refractivity contribution in [1.82, 2.24) is 20.0 Å². The minimum Gasteiger partial charge on any atom is -0.390 e. The molecule has 1 aliphatic heterocycles. The number of benzene rings is 2. The van der Waals surface area contributed by atoms with E-state index in [0.29, 0.717) is 24.6 Å². The van der Waals surface area contributed by atoms with E-state index in [2.05, 4.69) is 56.3 Å². The van der Waals surface area contributed by atoms with Crippen molar-refractivity contribution in [1.29, 1.82) is 0 Å². The lowest BCUT2D eigenvalue weighted by Gasteiger charge is -2.30. The Bertz CT molecular complexity index is 1160. The Labute approximate surface area is 188 Å². The summed E-state index contributed by atoms with van der Waals surface area (Å²) in [6.07, 6.45) is 4.35. The molecule has 0 fully saturated rings. The molecule has 1 atom stereocenters. The molecule has 3 aromatic rings. The number of amidine groups is 1. The van der Waals surface area contributed by atoms with Crippen molar-refractivity contribution in [2.45, 2.75) is 19.1 Å². The Hall–Kier alpha value is -3.29. The fraction of sp³-hybridized carbons (Fsp3) is 0.320. The standard InChI is InChI=1S/C25H30N6O/c1-26-23(19-8-9-21-15-30(3)29-24(21)12-19)13-25(27-2)28-14-22(32)17-31-11-10-18-6-4-5-7-20(18)16-31/h4-9,12-13,15,22,32H,1,10-11,14,16-17H2,2-3H3,(H,27,28)/b23-13-. The number of nitrogens with zero attached hydrogens (tertiary/aromatic N) is 5. The van der Waals surface area contributed by atoms with Gasteiger partial charge in [0.2, 0.25) is 0 Å². The lowest BCUT2D eigenvalue weighted by Crippen LogP contribution is -2.41. The lowest BCUT2D eigenvalue weighted by molar-refractivity contribution is 0.108. The van der Waals surface area contributed by atoms with Crippen molar-refractivity contribution in [3.05, 3.63) is 71.4 Å². The van der Waals surface area contributed by atoms with Gasteiger partial charge < -0.3 is 10.4 Å². The van der Waals surface area contributed by atoms with Crippen LogP contribution in [0.25, 0.3) is 16.6 Å². The van der Waals surface area contributed by atoms with E-state index < -0.39 is 6.10 Å². The van der Waals surface area contributed by atoms with Crippen LogP contribution < -0.4 is 5.32 Å². The summed E-state index contributed by atoms with van der Waals surface area (Å²) in [7, 11) is 3.62. The summed E-state index contributed by atoms with van der Waals surface area (Å²) >= 11 is 0. The van der Waals surface area contributed by atoms with E-state index in [9.17, 15) is 5.11 Å². The lowest BCUT2D eigenvalue weighted by atomic mass is 10.00. The van der Waals surface area contributed by atoms with Crippen LogP contribution in [0.3, 0.4) is 0 Å². The van der Waals surface area contributed by atoms with Crippen molar-refractivity contribution >= 4 is 29.2 Å². The van der Waals surface area contributed by atoms with E-state index >= 15 is 0 Å². The number of aliphatic hydroxyl groups is 1. The molecule has 1 unspecified atom stereocenters. The average Bonchev–Trinajstić information content (AvgIpc) is 3.18. The van der Waals surface area contributed by atoms with Gasteiger partial charge in [-0.1, -0.05) is 36.4 Å². The molecule has 0 spiro atoms. The van der Waals surface area contributed by atoms with Crippen LogP contribution in [-0.4, -0.2) is 65.1 Å². The number of hydrogen-bond acceptors (Lipinski definition) is 5. The number of aliphatic hydroxyl groups excluding tert-OH is 1. The number of aliphatic imine (C=N–C) groups is 2. The zero-order chi connectivity index (χ0) is 22.5. The van der Waals surface area contributed by atoms with Gasteiger partial charge in [-0.3, -0.25) is 19.6 Å². The SMILES string of the molecule is C=N/C(=C\C(=NC)NCC(O)CN1CCc2ccccc2C1)c1ccc2cn(C)nc2c1. The normalized spacial score (nSPS) is 16.1. The molecular formula is C25H30N6O. The molecule has 2 aromatic carbocycles. The molecule has 0 bridgehead atoms. The third kappa shape index (κ3) is 5.12. The van der Waals surface area contributed by atoms with Gasteiger partial charge in [-0.15, -0.1) is 0 Å². The quantitative estimate of drug-likeness (QED) is 0.446. The first kappa shape index (κ1) is 21.9. The first-order valence-corrected chi connectivity index (χ1v) is 10.9. The van der Waals surface area contributed by atoms with E-state index in [4.69, 9.17) is 0 Å². The molecule has 166 valence electrons. The van der Waals surface area contributed by atoms with E-state index in [0.717, 1.165) is 36.0 Å². The topological polar surface area (TPSA) is 78.0 Å². The van der Waals surface area contributed by atoms with E-state index in [1.807, 2.05) is 37.5 Å². The largest absolute Gasteiger partial charge is 0.390 e. The third-order valence-corrected chi connectivity index (χ3v) is 5.80. The van der Waals surface area contributed by atoms with E-state index in [1.54, 1.807) is 11.7 Å². The second-order valence-corrected chi connectivity index (χ2v) is 8.16. The fourth-order valence-corrected chi connectivity index (χ4v) is 4.14. The molecule has 1 aromatic heterocycles. The molecule has 7 heteroatoms. The van der Waals surface area contributed by atoms with Crippen LogP contribution in [0.15, 0.2) is 64.7 Å². The molecule has 2 N–H and O–H groups in total. The Morgan fingerprint density at radius 2 is 2.09 bits per heavy atom. The molecule has 0 aliphatic carbocycles. The van der Waals surface area contributed by atoms with Crippen LogP contribution in [0.4, 0.5) is 0 Å². The highest BCUT2D eigenvalue weighted by molar-refractivity contribution is 6.00. The Balaban J connectivity index is 1.37. The zero-order valence-electron chi connectivity index (χ0n) is 18.7. The van der Waals surface area contributed by atoms with Crippen molar-refractivity contribution in [3.63, 3.8) is 0 Å². The van der Waals surface area contributed by atoms with E-state index in [-0.39, 0.29) is 0 Å². The summed E-state index contributed by atoms with van der Waals surface area (Å²) in [5, 5.41) is 19.4. The van der Waals surface area contributed by atoms with Crippen LogP contribution in [0.1, 0.15) is 16.7 Å². The molecule has 4 rings (SSSR count). The van der Waals surface area contributed by atoms with Crippen molar-refractivity contribution in [3.8, 4) is 0 Å². The molecule has 0 saturated heterocycles. The maximum Gasteiger partial charge on any atom is 0.122 e. The Kier molecular flexibility index (Phi) is 6.78. The Morgan fingerprint density at radius 3 is 2.88 bits per heavy atom. The molecule has 0 radical (unpaired) electrons. The molecule has 0 saturated carbocycles. The first-order valence-electron chi connectivity index (χ1n) is 10.9. The highest BCUT2D eigenvalue weighted by Crippen LogP contribution is 2.21. The van der Waals surface area contributed by atoms with Gasteiger partial charge in [0.1, 0.15) is 5.84 Å². The summed E-state index contributed by atoms with van der Waals surface area (Å²) in [5.74, 6) is 0.650. The van der Waals surface area contributed by atoms with Crippen molar-refractivity contribution in [2.75, 3.05) is 26.7 Å². The average molecular weight is 431 g/mol. The summed E-state index contributed by atoms with van der Waals surface area (Å²) in [4.78, 5) is 10.8. The number of hydrogen-bond donors (Lipinski definition) is 2. The number of β-amino-alcohol motifs (C(OH)–C–C–N with tert-alkyl or cyclic N) is 1. The van der Waals surface area contributed by atoms with Gasteiger partial charge in [-0.2, -0.15) is 5.10 Å². The number of rotatable bonds is 7. The van der Waals surface area contributed by atoms with Gasteiger partial charge in [0.15, 0.2) is 0 Å². The summed E-state index contributed by atoms with van der Waals surface area (Å²) in [6, 6.07) is 14.5. The number of fused-ring (bicyclic) bond motifs is 2. The van der Waals surface area contributed by atoms with Crippen LogP contribution in [-0.2, 0) is 20.0 Å². The number of aryl methyl sites for hydroxylation is 1. The predicted octanol–water partition coefficient (Wildman–Crippen LogP) is 2.65. The van der Waals surface area contributed by atoms with Crippen LogP contribution in [0.2, 0.25) is 0 Å². The predicted molar refractivity (Wildman–Crippen MR) is 131 cm³/mol. The van der Waals surface area contributed by atoms with Crippen LogP contribution in [0.5, 0.6) is 0 Å². The highest BCUT2D eigenvalue weighted by atomic mass is 16.3. The van der Waals surface area contributed by atoms with Gasteiger partial charge in [0, 0.05) is 63.5 Å². The smallest absolute Gasteiger partial charge is 0.122 e. The molecular weight excluding hydrogens is 400 g/mol. The Morgan fingerprint density at radius 1 is 1.28 bits per heavy atom. The van der Waals surface area contributed by atoms with Crippen molar-refractivity contribution in [2.24, 2.45) is 17.0 Å². The second kappa shape index (κ2) is 9.89. The summed E-state index contributed by atoms with van der Waals surface area (Å²) in [6.45, 7) is 6.58. The minimum absolute atomic E-state index is 0.408. The van der Waals surface area contributed by atoms with Crippen molar-refractivity contribution < 1.29 is 5.11 Å². The monoisotopic (exact) mass is 430 g/mol. The van der Waals surface area contributed by atoms with Gasteiger partial charge in [-0.25, -0.2) is 0 Å². The second-order valence-electron chi connectivity index (χ2n) is 8.16. The first-order chi connectivity index (χ1) is 15.6. The zero-order valence-corrected chi connectivity index (χ0v) is 18.7. The molecule has 1 aliphatic rings. The van der Waals surface area contributed by atoms with Crippen LogP contribution in [0, 0.1) is 0 Å². The highest BCUT2D eigenvalue weighted by Gasteiger charge is 2.18. The van der Waals surface area contributed by atoms with E-state index in [1.165, 1.54) is 11.1 Å². The van der Waals surface area contributed by atoms with Gasteiger partial charge >= 0.3 is 0 Å². The number of aromatic nitrogens is 2. The molecule has 0 amide bonds. The van der Waals surface area contributed by atoms with Crippen LogP contribution >= 0.6 is 0 Å². The van der Waals surface area contributed by atoms with Gasteiger partial charge in [0.05, 0.1) is 17.3 Å². The third-order valence-electron chi connectivity index (χ3n) is 5.80. The number of nitrogens with one attached hydrogen (secondary N) is 1.